The predicted octanol–water partition coefficient (Wildman–Crippen LogP) is 2.56. The van der Waals surface area contributed by atoms with Gasteiger partial charge in [-0.15, -0.1) is 0 Å². The van der Waals surface area contributed by atoms with Crippen LogP contribution in [0.4, 0.5) is 0 Å². The summed E-state index contributed by atoms with van der Waals surface area (Å²) >= 11 is 16.5. The van der Waals surface area contributed by atoms with Crippen LogP contribution in [-0.2, 0) is 38.1 Å². The van der Waals surface area contributed by atoms with Gasteiger partial charge < -0.3 is 18.9 Å². The van der Waals surface area contributed by atoms with Crippen LogP contribution in [0.15, 0.2) is 34.3 Å². The molecular formula is C16H17Cl3O8. The first-order valence-corrected chi connectivity index (χ1v) is 8.36. The first-order chi connectivity index (χ1) is 12.4. The third kappa shape index (κ3) is 11.3. The SMILES string of the molecule is C=C(Cl)COC(=O)[C@H](C)OC(=O)/C(Cl)=C/C(=O)O[C@H](C)C(=O)OCC(=C)Cl. The van der Waals surface area contributed by atoms with Gasteiger partial charge in [-0.05, 0) is 13.8 Å². The number of carbonyl (C=O) groups excluding carboxylic acids is 4. The summed E-state index contributed by atoms with van der Waals surface area (Å²) in [5.74, 6) is -4.07. The Morgan fingerprint density at radius 3 is 1.67 bits per heavy atom. The molecule has 150 valence electrons. The summed E-state index contributed by atoms with van der Waals surface area (Å²) in [5, 5.41) is -0.530. The molecule has 0 spiro atoms. The zero-order chi connectivity index (χ0) is 21.1. The summed E-state index contributed by atoms with van der Waals surface area (Å²) in [6.07, 6.45) is -2.03. The Hall–Kier alpha value is -2.03. The molecule has 0 aliphatic heterocycles. The van der Waals surface area contributed by atoms with Gasteiger partial charge in [-0.2, -0.15) is 0 Å². The average molecular weight is 444 g/mol. The molecule has 8 nitrogen and oxygen atoms in total. The molecule has 0 aromatic rings. The fourth-order valence-electron chi connectivity index (χ4n) is 1.22. The average Bonchev–Trinajstić information content (AvgIpc) is 2.56. The molecule has 2 atom stereocenters. The molecule has 0 N–H and O–H groups in total. The van der Waals surface area contributed by atoms with Crippen LogP contribution in [0.25, 0.3) is 0 Å². The van der Waals surface area contributed by atoms with Gasteiger partial charge in [0, 0.05) is 16.1 Å². The van der Waals surface area contributed by atoms with E-state index in [-0.39, 0.29) is 23.3 Å². The topological polar surface area (TPSA) is 105 Å². The zero-order valence-electron chi connectivity index (χ0n) is 14.5. The largest absolute Gasteiger partial charge is 0.457 e. The van der Waals surface area contributed by atoms with Crippen molar-refractivity contribution in [1.29, 1.82) is 0 Å². The first-order valence-electron chi connectivity index (χ1n) is 7.22. The van der Waals surface area contributed by atoms with E-state index >= 15 is 0 Å². The molecule has 0 amide bonds. The van der Waals surface area contributed by atoms with Crippen molar-refractivity contribution in [3.63, 3.8) is 0 Å². The van der Waals surface area contributed by atoms with E-state index in [2.05, 4.69) is 22.6 Å². The van der Waals surface area contributed by atoms with Crippen molar-refractivity contribution in [3.05, 3.63) is 34.3 Å². The van der Waals surface area contributed by atoms with Gasteiger partial charge >= 0.3 is 23.9 Å². The van der Waals surface area contributed by atoms with E-state index in [1.807, 2.05) is 0 Å². The molecule has 11 heteroatoms. The van der Waals surface area contributed by atoms with Crippen molar-refractivity contribution in [2.75, 3.05) is 13.2 Å². The molecule has 0 aliphatic carbocycles. The molecule has 0 unspecified atom stereocenters. The van der Waals surface area contributed by atoms with E-state index in [1.54, 1.807) is 0 Å². The molecule has 0 bridgehead atoms. The summed E-state index contributed by atoms with van der Waals surface area (Å²) in [7, 11) is 0. The molecule has 0 fully saturated rings. The molecule has 0 saturated heterocycles. The summed E-state index contributed by atoms with van der Waals surface area (Å²) in [5.41, 5.74) is 0. The number of rotatable bonds is 10. The zero-order valence-corrected chi connectivity index (χ0v) is 16.7. The quantitative estimate of drug-likeness (QED) is 0.288. The van der Waals surface area contributed by atoms with Gasteiger partial charge in [0.1, 0.15) is 18.2 Å². The second-order valence-electron chi connectivity index (χ2n) is 4.87. The van der Waals surface area contributed by atoms with E-state index in [0.717, 1.165) is 0 Å². The molecule has 27 heavy (non-hydrogen) atoms. The summed E-state index contributed by atoms with van der Waals surface area (Å²) in [6, 6.07) is 0. The lowest BCUT2D eigenvalue weighted by atomic mass is 10.4. The van der Waals surface area contributed by atoms with Gasteiger partial charge in [0.2, 0.25) is 0 Å². The van der Waals surface area contributed by atoms with Crippen molar-refractivity contribution < 1.29 is 38.1 Å². The van der Waals surface area contributed by atoms with Gasteiger partial charge in [0.15, 0.2) is 12.2 Å². The monoisotopic (exact) mass is 442 g/mol. The van der Waals surface area contributed by atoms with Crippen LogP contribution in [0.3, 0.4) is 0 Å². The highest BCUT2D eigenvalue weighted by Gasteiger charge is 2.23. The van der Waals surface area contributed by atoms with Gasteiger partial charge in [-0.3, -0.25) is 0 Å². The molecule has 0 aliphatic rings. The van der Waals surface area contributed by atoms with Crippen molar-refractivity contribution in [2.45, 2.75) is 26.1 Å². The van der Waals surface area contributed by atoms with E-state index in [4.69, 9.17) is 44.3 Å². The van der Waals surface area contributed by atoms with Crippen molar-refractivity contribution in [2.24, 2.45) is 0 Å². The van der Waals surface area contributed by atoms with Gasteiger partial charge in [-0.1, -0.05) is 48.0 Å². The second-order valence-corrected chi connectivity index (χ2v) is 6.35. The highest BCUT2D eigenvalue weighted by molar-refractivity contribution is 6.42. The third-order valence-electron chi connectivity index (χ3n) is 2.42. The van der Waals surface area contributed by atoms with Gasteiger partial charge in [0.25, 0.3) is 0 Å². The number of hydrogen-bond acceptors (Lipinski definition) is 8. The van der Waals surface area contributed by atoms with Crippen molar-refractivity contribution in [1.82, 2.24) is 0 Å². The minimum atomic E-state index is -1.32. The van der Waals surface area contributed by atoms with Crippen molar-refractivity contribution in [3.8, 4) is 0 Å². The maximum absolute atomic E-state index is 11.7. The first kappa shape index (κ1) is 25.0. The Morgan fingerprint density at radius 1 is 0.852 bits per heavy atom. The Labute approximate surface area is 170 Å². The summed E-state index contributed by atoms with van der Waals surface area (Å²) < 4.78 is 18.8. The number of esters is 4. The smallest absolute Gasteiger partial charge is 0.350 e. The van der Waals surface area contributed by atoms with Crippen molar-refractivity contribution >= 4 is 58.7 Å². The fourth-order valence-corrected chi connectivity index (χ4v) is 1.46. The van der Waals surface area contributed by atoms with E-state index < -0.39 is 41.1 Å². The lowest BCUT2D eigenvalue weighted by Gasteiger charge is -2.13. The summed E-state index contributed by atoms with van der Waals surface area (Å²) in [4.78, 5) is 46.4. The Kier molecular flexibility index (Phi) is 11.4. The van der Waals surface area contributed by atoms with Crippen LogP contribution in [-0.4, -0.2) is 49.3 Å². The van der Waals surface area contributed by atoms with Gasteiger partial charge in [0.05, 0.1) is 0 Å². The standard InChI is InChI=1S/C16H17Cl3O8/c1-8(17)6-24-14(21)10(3)26-13(20)5-12(19)16(23)27-11(4)15(22)25-7-9(2)18/h5,10-11H,1-2,6-7H2,3-4H3/b12-5-/t10-,11+/m1/s1. The minimum absolute atomic E-state index is 0.0746. The fraction of sp³-hybridized carbons (Fsp3) is 0.375. The van der Waals surface area contributed by atoms with Crippen LogP contribution in [0.2, 0.25) is 0 Å². The van der Waals surface area contributed by atoms with Gasteiger partial charge in [-0.25, -0.2) is 19.2 Å². The predicted molar refractivity (Wildman–Crippen MR) is 96.9 cm³/mol. The van der Waals surface area contributed by atoms with Crippen LogP contribution >= 0.6 is 34.8 Å². The maximum atomic E-state index is 11.7. The van der Waals surface area contributed by atoms with Crippen LogP contribution in [0, 0.1) is 0 Å². The Bertz CT molecular complexity index is 656. The third-order valence-corrected chi connectivity index (χ3v) is 2.90. The molecular weight excluding hydrogens is 427 g/mol. The number of carbonyl (C=O) groups is 4. The molecule has 0 radical (unpaired) electrons. The highest BCUT2D eigenvalue weighted by Crippen LogP contribution is 2.10. The lowest BCUT2D eigenvalue weighted by Crippen LogP contribution is -2.27. The van der Waals surface area contributed by atoms with Crippen LogP contribution in [0.1, 0.15) is 13.8 Å². The Balaban J connectivity index is 4.59. The molecule has 0 aromatic carbocycles. The van der Waals surface area contributed by atoms with E-state index in [1.165, 1.54) is 13.8 Å². The molecule has 0 saturated carbocycles. The normalized spacial score (nSPS) is 13.0. The minimum Gasteiger partial charge on any atom is -0.457 e. The number of halogens is 3. The van der Waals surface area contributed by atoms with E-state index in [0.29, 0.717) is 6.08 Å². The van der Waals surface area contributed by atoms with Crippen LogP contribution in [0.5, 0.6) is 0 Å². The maximum Gasteiger partial charge on any atom is 0.350 e. The second kappa shape index (κ2) is 12.4. The highest BCUT2D eigenvalue weighted by atomic mass is 35.5. The summed E-state index contributed by atoms with van der Waals surface area (Å²) in [6.45, 7) is 8.59. The molecule has 0 rings (SSSR count). The van der Waals surface area contributed by atoms with E-state index in [9.17, 15) is 19.2 Å². The molecule has 0 heterocycles. The van der Waals surface area contributed by atoms with Crippen LogP contribution < -0.4 is 0 Å². The molecule has 0 aromatic heterocycles. The lowest BCUT2D eigenvalue weighted by molar-refractivity contribution is -0.164. The number of ether oxygens (including phenoxy) is 4. The number of hydrogen-bond donors (Lipinski definition) is 0. The Morgan fingerprint density at radius 2 is 1.26 bits per heavy atom.